The van der Waals surface area contributed by atoms with Gasteiger partial charge in [0.2, 0.25) is 0 Å². The number of rotatable bonds is 4. The zero-order chi connectivity index (χ0) is 17.1. The van der Waals surface area contributed by atoms with E-state index < -0.39 is 11.9 Å². The van der Waals surface area contributed by atoms with Gasteiger partial charge in [-0.3, -0.25) is 9.59 Å². The van der Waals surface area contributed by atoms with Crippen molar-refractivity contribution in [2.45, 2.75) is 19.3 Å². The molecule has 0 spiro atoms. The molecule has 0 fully saturated rings. The molecule has 5 heteroatoms. The first-order chi connectivity index (χ1) is 11.6. The number of esters is 1. The van der Waals surface area contributed by atoms with E-state index in [9.17, 15) is 9.59 Å². The van der Waals surface area contributed by atoms with E-state index in [1.165, 1.54) is 0 Å². The zero-order valence-corrected chi connectivity index (χ0v) is 14.8. The van der Waals surface area contributed by atoms with Gasteiger partial charge in [-0.2, -0.15) is 0 Å². The molecule has 0 N–H and O–H groups in total. The lowest BCUT2D eigenvalue weighted by Crippen LogP contribution is -2.34. The van der Waals surface area contributed by atoms with Gasteiger partial charge in [0.15, 0.2) is 5.78 Å². The summed E-state index contributed by atoms with van der Waals surface area (Å²) in [4.78, 5) is 26.1. The average molecular weight is 361 g/mol. The molecule has 1 aromatic carbocycles. The standard InChI is InChI=1S/C19H17ClO3S/c1-2-23-19(22)18-14(13-6-3-4-7-15(13)20)10-12(11-16(18)21)17-8-5-9-24-17/h3-9,11,14,18H,2,10H2,1H3/t14-,18+/m0/s1. The Labute approximate surface area is 149 Å². The van der Waals surface area contributed by atoms with Crippen LogP contribution in [0.25, 0.3) is 5.57 Å². The van der Waals surface area contributed by atoms with Crippen LogP contribution in [0.2, 0.25) is 5.02 Å². The quantitative estimate of drug-likeness (QED) is 0.585. The van der Waals surface area contributed by atoms with Crippen molar-refractivity contribution in [3.05, 3.63) is 63.3 Å². The summed E-state index contributed by atoms with van der Waals surface area (Å²) < 4.78 is 5.14. The minimum Gasteiger partial charge on any atom is -0.465 e. The Kier molecular flexibility index (Phi) is 5.17. The Morgan fingerprint density at radius 3 is 2.75 bits per heavy atom. The molecule has 0 bridgehead atoms. The van der Waals surface area contributed by atoms with Gasteiger partial charge in [-0.05, 0) is 48.1 Å². The highest BCUT2D eigenvalue weighted by atomic mass is 35.5. The van der Waals surface area contributed by atoms with Crippen LogP contribution < -0.4 is 0 Å². The second-order valence-electron chi connectivity index (χ2n) is 5.61. The van der Waals surface area contributed by atoms with E-state index in [0.29, 0.717) is 11.4 Å². The van der Waals surface area contributed by atoms with E-state index in [1.54, 1.807) is 30.4 Å². The lowest BCUT2D eigenvalue weighted by atomic mass is 9.74. The SMILES string of the molecule is CCOC(=O)[C@H]1C(=O)C=C(c2cccs2)C[C@H]1c1ccccc1Cl. The van der Waals surface area contributed by atoms with Crippen molar-refractivity contribution in [2.24, 2.45) is 5.92 Å². The van der Waals surface area contributed by atoms with E-state index in [0.717, 1.165) is 16.0 Å². The summed E-state index contributed by atoms with van der Waals surface area (Å²) in [6, 6.07) is 11.3. The van der Waals surface area contributed by atoms with Crippen molar-refractivity contribution >= 4 is 40.3 Å². The van der Waals surface area contributed by atoms with Crippen LogP contribution in [0.3, 0.4) is 0 Å². The number of thiophene rings is 1. The predicted octanol–water partition coefficient (Wildman–Crippen LogP) is 4.72. The summed E-state index contributed by atoms with van der Waals surface area (Å²) in [6.07, 6.45) is 2.17. The summed E-state index contributed by atoms with van der Waals surface area (Å²) >= 11 is 7.93. The molecule has 0 aliphatic heterocycles. The maximum Gasteiger partial charge on any atom is 0.317 e. The maximum absolute atomic E-state index is 12.7. The van der Waals surface area contributed by atoms with E-state index >= 15 is 0 Å². The number of halogens is 1. The van der Waals surface area contributed by atoms with Crippen LogP contribution in [0, 0.1) is 5.92 Å². The third kappa shape index (κ3) is 3.30. The van der Waals surface area contributed by atoms with Gasteiger partial charge in [-0.15, -0.1) is 11.3 Å². The minimum absolute atomic E-state index is 0.215. The average Bonchev–Trinajstić information content (AvgIpc) is 3.09. The fraction of sp³-hybridized carbons (Fsp3) is 0.263. The smallest absolute Gasteiger partial charge is 0.317 e. The summed E-state index contributed by atoms with van der Waals surface area (Å²) in [5.74, 6) is -1.84. The van der Waals surface area contributed by atoms with Crippen LogP contribution in [0.4, 0.5) is 0 Å². The first kappa shape index (κ1) is 16.9. The molecule has 1 aliphatic carbocycles. The molecule has 1 heterocycles. The normalized spacial score (nSPS) is 20.6. The number of benzene rings is 1. The largest absolute Gasteiger partial charge is 0.465 e. The Balaban J connectivity index is 2.04. The first-order valence-corrected chi connectivity index (χ1v) is 9.07. The molecular weight excluding hydrogens is 344 g/mol. The maximum atomic E-state index is 12.7. The minimum atomic E-state index is -0.839. The molecule has 2 atom stereocenters. The Hall–Kier alpha value is -1.91. The fourth-order valence-electron chi connectivity index (χ4n) is 3.08. The van der Waals surface area contributed by atoms with Gasteiger partial charge in [-0.25, -0.2) is 0 Å². The van der Waals surface area contributed by atoms with Crippen LogP contribution in [-0.2, 0) is 14.3 Å². The topological polar surface area (TPSA) is 43.4 Å². The molecule has 124 valence electrons. The van der Waals surface area contributed by atoms with Gasteiger partial charge in [0, 0.05) is 15.8 Å². The molecule has 1 aliphatic rings. The first-order valence-electron chi connectivity index (χ1n) is 7.81. The van der Waals surface area contributed by atoms with Crippen molar-refractivity contribution in [1.29, 1.82) is 0 Å². The summed E-state index contributed by atoms with van der Waals surface area (Å²) in [6.45, 7) is 1.99. The Morgan fingerprint density at radius 2 is 2.08 bits per heavy atom. The van der Waals surface area contributed by atoms with Gasteiger partial charge >= 0.3 is 5.97 Å². The molecule has 3 nitrogen and oxygen atoms in total. The molecule has 0 saturated carbocycles. The Morgan fingerprint density at radius 1 is 1.29 bits per heavy atom. The highest BCUT2D eigenvalue weighted by molar-refractivity contribution is 7.11. The third-order valence-corrected chi connectivity index (χ3v) is 5.44. The van der Waals surface area contributed by atoms with E-state index in [1.807, 2.05) is 35.7 Å². The molecule has 0 amide bonds. The highest BCUT2D eigenvalue weighted by Crippen LogP contribution is 2.43. The van der Waals surface area contributed by atoms with Crippen LogP contribution in [0.5, 0.6) is 0 Å². The number of hydrogen-bond donors (Lipinski definition) is 0. The highest BCUT2D eigenvalue weighted by Gasteiger charge is 2.40. The van der Waals surface area contributed by atoms with Crippen molar-refractivity contribution in [2.75, 3.05) is 6.61 Å². The summed E-state index contributed by atoms with van der Waals surface area (Å²) in [5, 5.41) is 2.54. The van der Waals surface area contributed by atoms with Crippen molar-refractivity contribution < 1.29 is 14.3 Å². The van der Waals surface area contributed by atoms with Gasteiger partial charge in [0.1, 0.15) is 5.92 Å². The lowest BCUT2D eigenvalue weighted by molar-refractivity contribution is -0.151. The van der Waals surface area contributed by atoms with E-state index in [4.69, 9.17) is 16.3 Å². The molecule has 0 saturated heterocycles. The number of allylic oxidation sites excluding steroid dienone is 2. The number of ether oxygens (including phenoxy) is 1. The number of carbonyl (C=O) groups excluding carboxylic acids is 2. The van der Waals surface area contributed by atoms with E-state index in [-0.39, 0.29) is 18.3 Å². The fourth-order valence-corrected chi connectivity index (χ4v) is 4.11. The molecule has 0 radical (unpaired) electrons. The van der Waals surface area contributed by atoms with Crippen LogP contribution >= 0.6 is 22.9 Å². The third-order valence-electron chi connectivity index (χ3n) is 4.15. The molecule has 2 aromatic rings. The number of ketones is 1. The number of hydrogen-bond acceptors (Lipinski definition) is 4. The monoisotopic (exact) mass is 360 g/mol. The molecule has 0 unspecified atom stereocenters. The van der Waals surface area contributed by atoms with E-state index in [2.05, 4.69) is 0 Å². The van der Waals surface area contributed by atoms with Gasteiger partial charge < -0.3 is 4.74 Å². The van der Waals surface area contributed by atoms with Crippen molar-refractivity contribution in [1.82, 2.24) is 0 Å². The van der Waals surface area contributed by atoms with Crippen molar-refractivity contribution in [3.63, 3.8) is 0 Å². The Bertz CT molecular complexity index is 780. The number of carbonyl (C=O) groups is 2. The van der Waals surface area contributed by atoms with Crippen molar-refractivity contribution in [3.8, 4) is 0 Å². The van der Waals surface area contributed by atoms with Gasteiger partial charge in [0.25, 0.3) is 0 Å². The zero-order valence-electron chi connectivity index (χ0n) is 13.2. The lowest BCUT2D eigenvalue weighted by Gasteiger charge is -2.29. The second-order valence-corrected chi connectivity index (χ2v) is 6.97. The molecule has 3 rings (SSSR count). The second kappa shape index (κ2) is 7.32. The van der Waals surface area contributed by atoms with Crippen LogP contribution in [0.15, 0.2) is 47.9 Å². The van der Waals surface area contributed by atoms with Gasteiger partial charge in [-0.1, -0.05) is 35.9 Å². The predicted molar refractivity (Wildman–Crippen MR) is 96.2 cm³/mol. The molecular formula is C19H17ClO3S. The van der Waals surface area contributed by atoms with Gasteiger partial charge in [0.05, 0.1) is 6.61 Å². The van der Waals surface area contributed by atoms with Crippen LogP contribution in [0.1, 0.15) is 29.7 Å². The van der Waals surface area contributed by atoms with Crippen LogP contribution in [-0.4, -0.2) is 18.4 Å². The molecule has 24 heavy (non-hydrogen) atoms. The summed E-state index contributed by atoms with van der Waals surface area (Å²) in [7, 11) is 0. The molecule has 1 aromatic heterocycles. The summed E-state index contributed by atoms with van der Waals surface area (Å²) in [5.41, 5.74) is 1.76.